The van der Waals surface area contributed by atoms with Crippen molar-refractivity contribution in [2.75, 3.05) is 20.1 Å². The Labute approximate surface area is 97.4 Å². The molecule has 0 saturated carbocycles. The first kappa shape index (κ1) is 14.9. The summed E-state index contributed by atoms with van der Waals surface area (Å²) in [6, 6.07) is 0.195. The van der Waals surface area contributed by atoms with Gasteiger partial charge in [0.05, 0.1) is 0 Å². The SMILES string of the molecule is CNC(=O)CCCNCCC(=O)NC(C)C. The van der Waals surface area contributed by atoms with Crippen LogP contribution in [-0.2, 0) is 9.59 Å². The van der Waals surface area contributed by atoms with Gasteiger partial charge in [-0.1, -0.05) is 0 Å². The zero-order chi connectivity index (χ0) is 12.4. The van der Waals surface area contributed by atoms with Crippen LogP contribution in [0.15, 0.2) is 0 Å². The minimum atomic E-state index is 0.0550. The zero-order valence-electron chi connectivity index (χ0n) is 10.4. The van der Waals surface area contributed by atoms with E-state index in [1.165, 1.54) is 0 Å². The van der Waals surface area contributed by atoms with E-state index in [1.807, 2.05) is 13.8 Å². The second-order valence-electron chi connectivity index (χ2n) is 4.00. The van der Waals surface area contributed by atoms with E-state index in [1.54, 1.807) is 7.05 Å². The number of carbonyl (C=O) groups excluding carboxylic acids is 2. The van der Waals surface area contributed by atoms with Gasteiger partial charge in [-0.25, -0.2) is 0 Å². The molecule has 0 aliphatic rings. The minimum absolute atomic E-state index is 0.0550. The Morgan fingerprint density at radius 3 is 2.31 bits per heavy atom. The fourth-order valence-corrected chi connectivity index (χ4v) is 1.22. The molecule has 0 aromatic rings. The van der Waals surface area contributed by atoms with Gasteiger partial charge in [0.15, 0.2) is 0 Å². The maximum absolute atomic E-state index is 11.2. The third kappa shape index (κ3) is 9.45. The molecule has 0 fully saturated rings. The summed E-state index contributed by atoms with van der Waals surface area (Å²) in [6.45, 7) is 5.30. The first-order chi connectivity index (χ1) is 7.56. The average molecular weight is 229 g/mol. The Morgan fingerprint density at radius 2 is 1.75 bits per heavy atom. The summed E-state index contributed by atoms with van der Waals surface area (Å²) < 4.78 is 0. The minimum Gasteiger partial charge on any atom is -0.359 e. The Bertz CT molecular complexity index is 217. The van der Waals surface area contributed by atoms with E-state index in [4.69, 9.17) is 0 Å². The van der Waals surface area contributed by atoms with Crippen LogP contribution < -0.4 is 16.0 Å². The molecule has 3 N–H and O–H groups in total. The van der Waals surface area contributed by atoms with Crippen LogP contribution in [0, 0.1) is 0 Å². The van der Waals surface area contributed by atoms with Crippen molar-refractivity contribution >= 4 is 11.8 Å². The average Bonchev–Trinajstić information content (AvgIpc) is 2.21. The van der Waals surface area contributed by atoms with Crippen molar-refractivity contribution in [3.8, 4) is 0 Å². The highest BCUT2D eigenvalue weighted by atomic mass is 16.2. The second kappa shape index (κ2) is 9.15. The fourth-order valence-electron chi connectivity index (χ4n) is 1.22. The number of hydrogen-bond donors (Lipinski definition) is 3. The summed E-state index contributed by atoms with van der Waals surface area (Å²) in [5, 5.41) is 8.51. The van der Waals surface area contributed by atoms with E-state index in [2.05, 4.69) is 16.0 Å². The standard InChI is InChI=1S/C11H23N3O2/c1-9(2)14-11(16)6-8-13-7-4-5-10(15)12-3/h9,13H,4-8H2,1-3H3,(H,12,15)(H,14,16). The summed E-state index contributed by atoms with van der Waals surface area (Å²) in [6.07, 6.45) is 1.81. The molecule has 0 aromatic carbocycles. The molecule has 0 bridgehead atoms. The number of carbonyl (C=O) groups is 2. The van der Waals surface area contributed by atoms with Gasteiger partial charge in [-0.3, -0.25) is 9.59 Å². The van der Waals surface area contributed by atoms with Crippen LogP contribution in [0.1, 0.15) is 33.1 Å². The van der Waals surface area contributed by atoms with Crippen LogP contribution in [0.25, 0.3) is 0 Å². The molecule has 0 aliphatic heterocycles. The topological polar surface area (TPSA) is 70.2 Å². The summed E-state index contributed by atoms with van der Waals surface area (Å²) >= 11 is 0. The first-order valence-electron chi connectivity index (χ1n) is 5.77. The van der Waals surface area contributed by atoms with Gasteiger partial charge in [0.25, 0.3) is 0 Å². The molecular formula is C11H23N3O2. The number of nitrogens with one attached hydrogen (secondary N) is 3. The lowest BCUT2D eigenvalue weighted by atomic mass is 10.3. The first-order valence-corrected chi connectivity index (χ1v) is 5.77. The van der Waals surface area contributed by atoms with Crippen LogP contribution in [0.5, 0.6) is 0 Å². The van der Waals surface area contributed by atoms with E-state index in [-0.39, 0.29) is 17.9 Å². The van der Waals surface area contributed by atoms with Crippen molar-refractivity contribution in [1.82, 2.24) is 16.0 Å². The number of rotatable bonds is 8. The molecule has 0 aliphatic carbocycles. The molecule has 0 spiro atoms. The molecule has 2 amide bonds. The van der Waals surface area contributed by atoms with E-state index < -0.39 is 0 Å². The van der Waals surface area contributed by atoms with E-state index in [9.17, 15) is 9.59 Å². The van der Waals surface area contributed by atoms with E-state index in [0.29, 0.717) is 19.4 Å². The van der Waals surface area contributed by atoms with Crippen molar-refractivity contribution in [1.29, 1.82) is 0 Å². The van der Waals surface area contributed by atoms with Crippen molar-refractivity contribution in [3.63, 3.8) is 0 Å². The molecule has 94 valence electrons. The fraction of sp³-hybridized carbons (Fsp3) is 0.818. The number of amides is 2. The molecule has 0 saturated heterocycles. The van der Waals surface area contributed by atoms with Gasteiger partial charge in [-0.2, -0.15) is 0 Å². The third-order valence-electron chi connectivity index (χ3n) is 2.01. The van der Waals surface area contributed by atoms with Gasteiger partial charge in [-0.05, 0) is 26.8 Å². The van der Waals surface area contributed by atoms with Crippen LogP contribution in [-0.4, -0.2) is 38.0 Å². The van der Waals surface area contributed by atoms with Gasteiger partial charge >= 0.3 is 0 Å². The van der Waals surface area contributed by atoms with E-state index in [0.717, 1.165) is 13.0 Å². The highest BCUT2D eigenvalue weighted by molar-refractivity contribution is 5.76. The Hall–Kier alpha value is -1.10. The van der Waals surface area contributed by atoms with Crippen LogP contribution in [0.4, 0.5) is 0 Å². The van der Waals surface area contributed by atoms with Crippen molar-refractivity contribution in [3.05, 3.63) is 0 Å². The van der Waals surface area contributed by atoms with Gasteiger partial charge < -0.3 is 16.0 Å². The van der Waals surface area contributed by atoms with Crippen molar-refractivity contribution < 1.29 is 9.59 Å². The zero-order valence-corrected chi connectivity index (χ0v) is 10.4. The molecule has 0 heterocycles. The van der Waals surface area contributed by atoms with Crippen molar-refractivity contribution in [2.24, 2.45) is 0 Å². The second-order valence-corrected chi connectivity index (χ2v) is 4.00. The maximum Gasteiger partial charge on any atom is 0.221 e. The predicted octanol–water partition coefficient (Wildman–Crippen LogP) is 0.0169. The summed E-state index contributed by atoms with van der Waals surface area (Å²) in [4.78, 5) is 22.1. The molecule has 5 heteroatoms. The molecule has 0 radical (unpaired) electrons. The normalized spacial score (nSPS) is 10.2. The highest BCUT2D eigenvalue weighted by Gasteiger charge is 2.02. The molecule has 5 nitrogen and oxygen atoms in total. The quantitative estimate of drug-likeness (QED) is 0.514. The van der Waals surface area contributed by atoms with Gasteiger partial charge in [0.1, 0.15) is 0 Å². The highest BCUT2D eigenvalue weighted by Crippen LogP contribution is 1.87. The maximum atomic E-state index is 11.2. The Balaban J connectivity index is 3.27. The Morgan fingerprint density at radius 1 is 1.06 bits per heavy atom. The summed E-state index contributed by atoms with van der Waals surface area (Å²) in [7, 11) is 1.63. The Kier molecular flexibility index (Phi) is 8.52. The lowest BCUT2D eigenvalue weighted by Gasteiger charge is -2.08. The molecular weight excluding hydrogens is 206 g/mol. The number of hydrogen-bond acceptors (Lipinski definition) is 3. The summed E-state index contributed by atoms with van der Waals surface area (Å²) in [5.74, 6) is 0.119. The molecule has 0 rings (SSSR count). The van der Waals surface area contributed by atoms with Crippen molar-refractivity contribution in [2.45, 2.75) is 39.2 Å². The monoisotopic (exact) mass is 229 g/mol. The van der Waals surface area contributed by atoms with Gasteiger partial charge in [0.2, 0.25) is 11.8 Å². The van der Waals surface area contributed by atoms with Gasteiger partial charge in [-0.15, -0.1) is 0 Å². The lowest BCUT2D eigenvalue weighted by Crippen LogP contribution is -2.32. The smallest absolute Gasteiger partial charge is 0.221 e. The lowest BCUT2D eigenvalue weighted by molar-refractivity contribution is -0.122. The molecule has 16 heavy (non-hydrogen) atoms. The van der Waals surface area contributed by atoms with Crippen LogP contribution >= 0.6 is 0 Å². The molecule has 0 aromatic heterocycles. The summed E-state index contributed by atoms with van der Waals surface area (Å²) in [5.41, 5.74) is 0. The third-order valence-corrected chi connectivity index (χ3v) is 2.01. The molecule has 0 unspecified atom stereocenters. The van der Waals surface area contributed by atoms with E-state index >= 15 is 0 Å². The molecule has 0 atom stereocenters. The van der Waals surface area contributed by atoms with Crippen LogP contribution in [0.3, 0.4) is 0 Å². The van der Waals surface area contributed by atoms with Gasteiger partial charge in [0, 0.05) is 32.5 Å². The largest absolute Gasteiger partial charge is 0.359 e. The predicted molar refractivity (Wildman–Crippen MR) is 64.1 cm³/mol. The van der Waals surface area contributed by atoms with Crippen LogP contribution in [0.2, 0.25) is 0 Å².